The zero-order chi connectivity index (χ0) is 11.1. The molecule has 0 heterocycles. The summed E-state index contributed by atoms with van der Waals surface area (Å²) in [6.07, 6.45) is 3.15. The minimum absolute atomic E-state index is 0.0000463. The van der Waals surface area contributed by atoms with E-state index >= 15 is 0 Å². The summed E-state index contributed by atoms with van der Waals surface area (Å²) in [5, 5.41) is 9.08. The Morgan fingerprint density at radius 1 is 1.47 bits per heavy atom. The normalized spacial score (nSPS) is 11.8. The van der Waals surface area contributed by atoms with Crippen molar-refractivity contribution in [2.75, 3.05) is 7.11 Å². The Morgan fingerprint density at radius 2 is 2.27 bits per heavy atom. The first-order valence-corrected chi connectivity index (χ1v) is 5.35. The number of hydrogen-bond donors (Lipinski definition) is 0. The van der Waals surface area contributed by atoms with E-state index in [0.717, 1.165) is 30.6 Å². The molecule has 0 N–H and O–H groups in total. The average molecular weight is 203 g/mol. The second-order valence-corrected chi connectivity index (χ2v) is 3.60. The zero-order valence-corrected chi connectivity index (χ0v) is 9.36. The number of methoxy groups -OCH3 is 1. The van der Waals surface area contributed by atoms with E-state index in [1.165, 1.54) is 0 Å². The van der Waals surface area contributed by atoms with Crippen LogP contribution in [0.3, 0.4) is 0 Å². The van der Waals surface area contributed by atoms with Crippen LogP contribution in [0.2, 0.25) is 0 Å². The molecule has 1 rings (SSSR count). The van der Waals surface area contributed by atoms with E-state index in [0.29, 0.717) is 0 Å². The van der Waals surface area contributed by atoms with Gasteiger partial charge in [0.15, 0.2) is 0 Å². The third kappa shape index (κ3) is 3.28. The van der Waals surface area contributed by atoms with Crippen LogP contribution in [0.5, 0.6) is 5.75 Å². The van der Waals surface area contributed by atoms with Gasteiger partial charge in [-0.25, -0.2) is 0 Å². The van der Waals surface area contributed by atoms with Crippen LogP contribution < -0.4 is 4.74 Å². The highest BCUT2D eigenvalue weighted by molar-refractivity contribution is 5.33. The van der Waals surface area contributed by atoms with Crippen LogP contribution in [0.25, 0.3) is 0 Å². The summed E-state index contributed by atoms with van der Waals surface area (Å²) in [6.45, 7) is 2.14. The van der Waals surface area contributed by atoms with Crippen LogP contribution in [0.4, 0.5) is 0 Å². The number of nitriles is 1. The monoisotopic (exact) mass is 203 g/mol. The molecule has 1 aromatic carbocycles. The summed E-state index contributed by atoms with van der Waals surface area (Å²) < 4.78 is 5.14. The Kier molecular flexibility index (Phi) is 4.70. The number of benzene rings is 1. The topological polar surface area (TPSA) is 33.0 Å². The van der Waals surface area contributed by atoms with Crippen molar-refractivity contribution in [3.8, 4) is 11.8 Å². The van der Waals surface area contributed by atoms with Crippen molar-refractivity contribution in [2.24, 2.45) is 0 Å². The molecule has 1 aromatic rings. The maximum absolute atomic E-state index is 9.08. The summed E-state index contributed by atoms with van der Waals surface area (Å²) in [4.78, 5) is 0. The van der Waals surface area contributed by atoms with Gasteiger partial charge in [0.05, 0.1) is 19.1 Å². The van der Waals surface area contributed by atoms with Gasteiger partial charge < -0.3 is 4.74 Å². The van der Waals surface area contributed by atoms with Gasteiger partial charge in [-0.1, -0.05) is 31.9 Å². The van der Waals surface area contributed by atoms with Crippen molar-refractivity contribution >= 4 is 0 Å². The maximum atomic E-state index is 9.08. The van der Waals surface area contributed by atoms with Gasteiger partial charge >= 0.3 is 0 Å². The molecule has 2 heteroatoms. The molecular formula is C13H17NO. The molecule has 15 heavy (non-hydrogen) atoms. The summed E-state index contributed by atoms with van der Waals surface area (Å²) in [6, 6.07) is 10.1. The Balaban J connectivity index is 2.78. The van der Waals surface area contributed by atoms with Gasteiger partial charge in [-0.3, -0.25) is 0 Å². The predicted octanol–water partition coefficient (Wildman–Crippen LogP) is 3.49. The summed E-state index contributed by atoms with van der Waals surface area (Å²) in [7, 11) is 1.65. The Labute approximate surface area is 91.5 Å². The number of ether oxygens (including phenoxy) is 1. The first-order valence-electron chi connectivity index (χ1n) is 5.35. The molecule has 0 saturated heterocycles. The third-order valence-electron chi connectivity index (χ3n) is 2.50. The molecule has 0 saturated carbocycles. The summed E-state index contributed by atoms with van der Waals surface area (Å²) in [5.74, 6) is 0.823. The lowest BCUT2D eigenvalue weighted by atomic mass is 9.95. The predicted molar refractivity (Wildman–Crippen MR) is 60.9 cm³/mol. The average Bonchev–Trinajstić information content (AvgIpc) is 2.30. The lowest BCUT2D eigenvalue weighted by molar-refractivity contribution is 0.414. The van der Waals surface area contributed by atoms with E-state index in [4.69, 9.17) is 10.00 Å². The molecule has 2 nitrogen and oxygen atoms in total. The number of rotatable bonds is 5. The lowest BCUT2D eigenvalue weighted by Gasteiger charge is -2.09. The third-order valence-corrected chi connectivity index (χ3v) is 2.50. The summed E-state index contributed by atoms with van der Waals surface area (Å²) >= 11 is 0. The van der Waals surface area contributed by atoms with Gasteiger partial charge in [-0.15, -0.1) is 0 Å². The highest BCUT2D eigenvalue weighted by Gasteiger charge is 2.10. The Hall–Kier alpha value is -1.49. The Bertz CT molecular complexity index is 341. The van der Waals surface area contributed by atoms with Crippen LogP contribution in [0.15, 0.2) is 24.3 Å². The lowest BCUT2D eigenvalue weighted by Crippen LogP contribution is -1.96. The first kappa shape index (κ1) is 11.6. The molecule has 0 unspecified atom stereocenters. The fourth-order valence-electron chi connectivity index (χ4n) is 1.57. The maximum Gasteiger partial charge on any atom is 0.119 e. The molecule has 0 radical (unpaired) electrons. The van der Waals surface area contributed by atoms with Crippen LogP contribution in [0, 0.1) is 11.3 Å². The van der Waals surface area contributed by atoms with Crippen LogP contribution >= 0.6 is 0 Å². The zero-order valence-electron chi connectivity index (χ0n) is 9.36. The standard InChI is InChI=1S/C13H17NO/c1-3-4-6-12(10-14)11-7-5-8-13(9-11)15-2/h5,7-9,12H,3-4,6H2,1-2H3/t12-/m0/s1. The van der Waals surface area contributed by atoms with E-state index in [2.05, 4.69) is 13.0 Å². The van der Waals surface area contributed by atoms with Crippen molar-refractivity contribution in [1.29, 1.82) is 5.26 Å². The van der Waals surface area contributed by atoms with Crippen molar-refractivity contribution in [2.45, 2.75) is 32.1 Å². The van der Waals surface area contributed by atoms with Gasteiger partial charge in [0.1, 0.15) is 5.75 Å². The molecule has 0 aliphatic carbocycles. The molecule has 80 valence electrons. The first-order chi connectivity index (χ1) is 7.31. The smallest absolute Gasteiger partial charge is 0.119 e. The van der Waals surface area contributed by atoms with Crippen LogP contribution in [-0.4, -0.2) is 7.11 Å². The molecule has 0 aliphatic rings. The Morgan fingerprint density at radius 3 is 2.87 bits per heavy atom. The molecule has 0 aliphatic heterocycles. The number of unbranched alkanes of at least 4 members (excludes halogenated alkanes) is 1. The summed E-state index contributed by atoms with van der Waals surface area (Å²) in [5.41, 5.74) is 1.06. The molecule has 0 fully saturated rings. The second kappa shape index (κ2) is 6.08. The van der Waals surface area contributed by atoms with E-state index in [1.54, 1.807) is 7.11 Å². The van der Waals surface area contributed by atoms with E-state index in [-0.39, 0.29) is 5.92 Å². The van der Waals surface area contributed by atoms with Gasteiger partial charge in [-0.05, 0) is 24.1 Å². The fourth-order valence-corrected chi connectivity index (χ4v) is 1.57. The number of hydrogen-bond acceptors (Lipinski definition) is 2. The van der Waals surface area contributed by atoms with E-state index < -0.39 is 0 Å². The SMILES string of the molecule is CCCC[C@@H](C#N)c1cccc(OC)c1. The highest BCUT2D eigenvalue weighted by Crippen LogP contribution is 2.24. The quantitative estimate of drug-likeness (QED) is 0.733. The molecule has 1 atom stereocenters. The minimum Gasteiger partial charge on any atom is -0.497 e. The van der Waals surface area contributed by atoms with Crippen molar-refractivity contribution in [1.82, 2.24) is 0 Å². The molecule has 0 spiro atoms. The van der Waals surface area contributed by atoms with Gasteiger partial charge in [0, 0.05) is 0 Å². The van der Waals surface area contributed by atoms with E-state index in [9.17, 15) is 0 Å². The highest BCUT2D eigenvalue weighted by atomic mass is 16.5. The second-order valence-electron chi connectivity index (χ2n) is 3.60. The van der Waals surface area contributed by atoms with Crippen molar-refractivity contribution < 1.29 is 4.74 Å². The molecule has 0 bridgehead atoms. The largest absolute Gasteiger partial charge is 0.497 e. The van der Waals surface area contributed by atoms with Crippen molar-refractivity contribution in [3.05, 3.63) is 29.8 Å². The number of nitrogens with zero attached hydrogens (tertiary/aromatic N) is 1. The molecule has 0 aromatic heterocycles. The fraction of sp³-hybridized carbons (Fsp3) is 0.462. The van der Waals surface area contributed by atoms with Gasteiger partial charge in [0.2, 0.25) is 0 Å². The van der Waals surface area contributed by atoms with Crippen molar-refractivity contribution in [3.63, 3.8) is 0 Å². The van der Waals surface area contributed by atoms with E-state index in [1.807, 2.05) is 24.3 Å². The minimum atomic E-state index is 0.0000463. The van der Waals surface area contributed by atoms with Crippen LogP contribution in [-0.2, 0) is 0 Å². The van der Waals surface area contributed by atoms with Gasteiger partial charge in [-0.2, -0.15) is 5.26 Å². The van der Waals surface area contributed by atoms with Crippen LogP contribution in [0.1, 0.15) is 37.7 Å². The van der Waals surface area contributed by atoms with Gasteiger partial charge in [0.25, 0.3) is 0 Å². The molecule has 0 amide bonds. The molecular weight excluding hydrogens is 186 g/mol.